The number of pyridine rings is 1. The Hall–Kier alpha value is -2.40. The van der Waals surface area contributed by atoms with Gasteiger partial charge in [0.25, 0.3) is 5.91 Å². The molecule has 116 valence electrons. The summed E-state index contributed by atoms with van der Waals surface area (Å²) in [7, 11) is 1.64. The van der Waals surface area contributed by atoms with E-state index in [2.05, 4.69) is 21.7 Å². The lowest BCUT2D eigenvalue weighted by molar-refractivity contribution is 0.0943. The van der Waals surface area contributed by atoms with Crippen LogP contribution in [0.5, 0.6) is 0 Å². The average molecular weight is 299 g/mol. The van der Waals surface area contributed by atoms with Gasteiger partial charge < -0.3 is 15.4 Å². The SMILES string of the molecule is COCCCNC(=O)c1ccc(Nc2cccc(C)c2)cn1. The van der Waals surface area contributed by atoms with Gasteiger partial charge >= 0.3 is 0 Å². The van der Waals surface area contributed by atoms with Crippen molar-refractivity contribution in [2.75, 3.05) is 25.6 Å². The minimum absolute atomic E-state index is 0.168. The van der Waals surface area contributed by atoms with Crippen LogP contribution in [0.3, 0.4) is 0 Å². The van der Waals surface area contributed by atoms with Gasteiger partial charge in [-0.3, -0.25) is 4.79 Å². The number of rotatable bonds is 7. The summed E-state index contributed by atoms with van der Waals surface area (Å²) in [6.45, 7) is 3.26. The third kappa shape index (κ3) is 4.86. The van der Waals surface area contributed by atoms with Gasteiger partial charge in [0.15, 0.2) is 0 Å². The summed E-state index contributed by atoms with van der Waals surface area (Å²) in [5.41, 5.74) is 3.44. The molecular weight excluding hydrogens is 278 g/mol. The van der Waals surface area contributed by atoms with Crippen LogP contribution >= 0.6 is 0 Å². The Morgan fingerprint density at radius 1 is 1.23 bits per heavy atom. The number of aryl methyl sites for hydroxylation is 1. The van der Waals surface area contributed by atoms with Crippen molar-refractivity contribution in [1.29, 1.82) is 0 Å². The van der Waals surface area contributed by atoms with Gasteiger partial charge in [0.1, 0.15) is 5.69 Å². The fourth-order valence-corrected chi connectivity index (χ4v) is 2.00. The normalized spacial score (nSPS) is 10.3. The number of hydrogen-bond acceptors (Lipinski definition) is 4. The number of carbonyl (C=O) groups is 1. The van der Waals surface area contributed by atoms with Gasteiger partial charge in [-0.2, -0.15) is 0 Å². The molecule has 0 saturated heterocycles. The van der Waals surface area contributed by atoms with Crippen LogP contribution < -0.4 is 10.6 Å². The highest BCUT2D eigenvalue weighted by atomic mass is 16.5. The van der Waals surface area contributed by atoms with Crippen LogP contribution in [-0.2, 0) is 4.74 Å². The predicted molar refractivity (Wildman–Crippen MR) is 87.5 cm³/mol. The standard InChI is InChI=1S/C17H21N3O2/c1-13-5-3-6-14(11-13)20-15-7-8-16(19-12-15)17(21)18-9-4-10-22-2/h3,5-8,11-12,20H,4,9-10H2,1-2H3,(H,18,21). The summed E-state index contributed by atoms with van der Waals surface area (Å²) in [5, 5.41) is 6.07. The predicted octanol–water partition coefficient (Wildman–Crippen LogP) is 2.90. The van der Waals surface area contributed by atoms with E-state index in [1.54, 1.807) is 19.4 Å². The summed E-state index contributed by atoms with van der Waals surface area (Å²) < 4.78 is 4.93. The molecule has 5 nitrogen and oxygen atoms in total. The van der Waals surface area contributed by atoms with Crippen molar-refractivity contribution >= 4 is 17.3 Å². The van der Waals surface area contributed by atoms with Crippen molar-refractivity contribution in [2.45, 2.75) is 13.3 Å². The molecule has 0 bridgehead atoms. The quantitative estimate of drug-likeness (QED) is 0.772. The van der Waals surface area contributed by atoms with E-state index in [4.69, 9.17) is 4.74 Å². The van der Waals surface area contributed by atoms with E-state index in [9.17, 15) is 4.79 Å². The maximum absolute atomic E-state index is 11.9. The lowest BCUT2D eigenvalue weighted by Gasteiger charge is -2.08. The van der Waals surface area contributed by atoms with Crippen molar-refractivity contribution in [3.05, 3.63) is 53.9 Å². The monoisotopic (exact) mass is 299 g/mol. The molecule has 2 aromatic rings. The van der Waals surface area contributed by atoms with E-state index in [0.717, 1.165) is 17.8 Å². The summed E-state index contributed by atoms with van der Waals surface area (Å²) in [5.74, 6) is -0.168. The van der Waals surface area contributed by atoms with Gasteiger partial charge in [-0.05, 0) is 43.2 Å². The van der Waals surface area contributed by atoms with Gasteiger partial charge in [-0.25, -0.2) is 4.98 Å². The highest BCUT2D eigenvalue weighted by Gasteiger charge is 2.06. The molecular formula is C17H21N3O2. The number of ether oxygens (including phenoxy) is 1. The van der Waals surface area contributed by atoms with Crippen LogP contribution in [0.1, 0.15) is 22.5 Å². The Morgan fingerprint density at radius 3 is 2.77 bits per heavy atom. The molecule has 0 saturated carbocycles. The van der Waals surface area contributed by atoms with Crippen molar-refractivity contribution in [3.8, 4) is 0 Å². The van der Waals surface area contributed by atoms with Crippen molar-refractivity contribution in [1.82, 2.24) is 10.3 Å². The Bertz CT molecular complexity index is 612. The fraction of sp³-hybridized carbons (Fsp3) is 0.294. The lowest BCUT2D eigenvalue weighted by Crippen LogP contribution is -2.26. The zero-order valence-corrected chi connectivity index (χ0v) is 12.9. The van der Waals surface area contributed by atoms with Gasteiger partial charge in [0.2, 0.25) is 0 Å². The van der Waals surface area contributed by atoms with E-state index in [-0.39, 0.29) is 5.91 Å². The number of hydrogen-bond donors (Lipinski definition) is 2. The maximum atomic E-state index is 11.9. The molecule has 22 heavy (non-hydrogen) atoms. The molecule has 1 amide bonds. The van der Waals surface area contributed by atoms with E-state index in [1.165, 1.54) is 5.56 Å². The Kier molecular flexibility index (Phi) is 5.91. The van der Waals surface area contributed by atoms with Gasteiger partial charge in [-0.15, -0.1) is 0 Å². The molecule has 1 aromatic heterocycles. The second-order valence-corrected chi connectivity index (χ2v) is 5.03. The first-order valence-corrected chi connectivity index (χ1v) is 7.26. The summed E-state index contributed by atoms with van der Waals surface area (Å²) in [6.07, 6.45) is 2.45. The van der Waals surface area contributed by atoms with Crippen LogP contribution in [-0.4, -0.2) is 31.2 Å². The number of nitrogens with one attached hydrogen (secondary N) is 2. The second-order valence-electron chi connectivity index (χ2n) is 5.03. The molecule has 0 aliphatic heterocycles. The van der Waals surface area contributed by atoms with E-state index in [1.807, 2.05) is 31.2 Å². The van der Waals surface area contributed by atoms with Crippen LogP contribution in [0.2, 0.25) is 0 Å². The maximum Gasteiger partial charge on any atom is 0.269 e. The number of methoxy groups -OCH3 is 1. The van der Waals surface area contributed by atoms with E-state index < -0.39 is 0 Å². The molecule has 0 aliphatic carbocycles. The van der Waals surface area contributed by atoms with Gasteiger partial charge in [0.05, 0.1) is 11.9 Å². The van der Waals surface area contributed by atoms with Crippen LogP contribution in [0.15, 0.2) is 42.6 Å². The topological polar surface area (TPSA) is 63.2 Å². The molecule has 0 spiro atoms. The first-order chi connectivity index (χ1) is 10.7. The number of amides is 1. The van der Waals surface area contributed by atoms with E-state index in [0.29, 0.717) is 18.8 Å². The second kappa shape index (κ2) is 8.14. The molecule has 0 atom stereocenters. The minimum atomic E-state index is -0.168. The van der Waals surface area contributed by atoms with Crippen LogP contribution in [0, 0.1) is 6.92 Å². The molecule has 0 unspecified atom stereocenters. The van der Waals surface area contributed by atoms with Crippen LogP contribution in [0.25, 0.3) is 0 Å². The largest absolute Gasteiger partial charge is 0.385 e. The molecule has 5 heteroatoms. The smallest absolute Gasteiger partial charge is 0.269 e. The number of aromatic nitrogens is 1. The molecule has 2 N–H and O–H groups in total. The molecule has 1 aromatic carbocycles. The number of carbonyl (C=O) groups excluding carboxylic acids is 1. The molecule has 0 fully saturated rings. The van der Waals surface area contributed by atoms with E-state index >= 15 is 0 Å². The zero-order chi connectivity index (χ0) is 15.8. The molecule has 1 heterocycles. The highest BCUT2D eigenvalue weighted by Crippen LogP contribution is 2.16. The van der Waals surface area contributed by atoms with Crippen molar-refractivity contribution in [2.24, 2.45) is 0 Å². The zero-order valence-electron chi connectivity index (χ0n) is 12.9. The number of nitrogens with zero attached hydrogens (tertiary/aromatic N) is 1. The summed E-state index contributed by atoms with van der Waals surface area (Å²) in [6, 6.07) is 11.6. The van der Waals surface area contributed by atoms with Gasteiger partial charge in [-0.1, -0.05) is 12.1 Å². The first kappa shape index (κ1) is 16.0. The number of benzene rings is 1. The third-order valence-electron chi connectivity index (χ3n) is 3.11. The average Bonchev–Trinajstić information content (AvgIpc) is 2.52. The molecule has 2 rings (SSSR count). The highest BCUT2D eigenvalue weighted by molar-refractivity contribution is 5.92. The minimum Gasteiger partial charge on any atom is -0.385 e. The first-order valence-electron chi connectivity index (χ1n) is 7.26. The van der Waals surface area contributed by atoms with Crippen molar-refractivity contribution in [3.63, 3.8) is 0 Å². The Balaban J connectivity index is 1.91. The van der Waals surface area contributed by atoms with Gasteiger partial charge in [0, 0.05) is 25.9 Å². The molecule has 0 aliphatic rings. The fourth-order valence-electron chi connectivity index (χ4n) is 2.00. The number of anilines is 2. The lowest BCUT2D eigenvalue weighted by atomic mass is 10.2. The third-order valence-corrected chi connectivity index (χ3v) is 3.11. The van der Waals surface area contributed by atoms with Crippen molar-refractivity contribution < 1.29 is 9.53 Å². The summed E-state index contributed by atoms with van der Waals surface area (Å²) in [4.78, 5) is 16.1. The Labute approximate surface area is 130 Å². The van der Waals surface area contributed by atoms with Crippen LogP contribution in [0.4, 0.5) is 11.4 Å². The molecule has 0 radical (unpaired) electrons. The Morgan fingerprint density at radius 2 is 2.09 bits per heavy atom. The summed E-state index contributed by atoms with van der Waals surface area (Å²) >= 11 is 0.